The van der Waals surface area contributed by atoms with E-state index >= 15 is 0 Å². The largest absolute Gasteiger partial charge is 0.260 e. The molecule has 0 bridgehead atoms. The van der Waals surface area contributed by atoms with Crippen LogP contribution in [0.3, 0.4) is 0 Å². The highest BCUT2D eigenvalue weighted by molar-refractivity contribution is 6.17. The molecule has 2 aromatic carbocycles. The third-order valence-electron chi connectivity index (χ3n) is 5.13. The van der Waals surface area contributed by atoms with Crippen molar-refractivity contribution < 1.29 is 0 Å². The van der Waals surface area contributed by atoms with Crippen LogP contribution in [0.5, 0.6) is 0 Å². The first kappa shape index (κ1) is 18.3. The minimum atomic E-state index is 0.280. The van der Waals surface area contributed by atoms with Crippen LogP contribution in [0.25, 0.3) is 11.0 Å². The van der Waals surface area contributed by atoms with Crippen molar-refractivity contribution in [3.63, 3.8) is 0 Å². The summed E-state index contributed by atoms with van der Waals surface area (Å²) >= 11 is 0. The Labute approximate surface area is 165 Å². The first-order valence-corrected chi connectivity index (χ1v) is 9.75. The smallest absolute Gasteiger partial charge is 0.155 e. The molecule has 28 heavy (non-hydrogen) atoms. The first-order valence-electron chi connectivity index (χ1n) is 9.75. The minimum absolute atomic E-state index is 0.280. The van der Waals surface area contributed by atoms with Crippen LogP contribution in [0.1, 0.15) is 48.6 Å². The number of amidine groups is 1. The van der Waals surface area contributed by atoms with Crippen molar-refractivity contribution in [2.75, 3.05) is 6.54 Å². The Hall–Kier alpha value is -3.08. The van der Waals surface area contributed by atoms with E-state index in [-0.39, 0.29) is 6.04 Å². The Morgan fingerprint density at radius 1 is 1.14 bits per heavy atom. The molecular formula is C23H25N5. The molecule has 0 atom stereocenters. The van der Waals surface area contributed by atoms with Gasteiger partial charge in [0, 0.05) is 11.6 Å². The summed E-state index contributed by atoms with van der Waals surface area (Å²) in [5.41, 5.74) is 7.71. The highest BCUT2D eigenvalue weighted by Gasteiger charge is 2.16. The van der Waals surface area contributed by atoms with Gasteiger partial charge in [-0.15, -0.1) is 11.7 Å². The predicted molar refractivity (Wildman–Crippen MR) is 116 cm³/mol. The van der Waals surface area contributed by atoms with E-state index in [1.807, 2.05) is 16.8 Å². The SMILES string of the molecule is C=CCCc1ccc(C2=NC(c3ccc4c(c3)nnn4C(C)C)=NC2)cc1C. The molecule has 0 N–H and O–H groups in total. The van der Waals surface area contributed by atoms with Crippen molar-refractivity contribution in [1.82, 2.24) is 15.0 Å². The molecule has 4 rings (SSSR count). The lowest BCUT2D eigenvalue weighted by Crippen LogP contribution is -2.03. The Morgan fingerprint density at radius 2 is 1.96 bits per heavy atom. The number of hydrogen-bond acceptors (Lipinski definition) is 4. The molecule has 0 saturated carbocycles. The minimum Gasteiger partial charge on any atom is -0.260 e. The number of allylic oxidation sites excluding steroid dienone is 1. The summed E-state index contributed by atoms with van der Waals surface area (Å²) in [7, 11) is 0. The molecule has 0 aliphatic carbocycles. The third-order valence-corrected chi connectivity index (χ3v) is 5.13. The molecule has 1 aliphatic heterocycles. The summed E-state index contributed by atoms with van der Waals surface area (Å²) in [6, 6.07) is 13.0. The topological polar surface area (TPSA) is 55.4 Å². The van der Waals surface area contributed by atoms with Crippen LogP contribution in [0.15, 0.2) is 59.0 Å². The number of aliphatic imine (C=N–C) groups is 2. The lowest BCUT2D eigenvalue weighted by Gasteiger charge is -2.07. The van der Waals surface area contributed by atoms with E-state index < -0.39 is 0 Å². The zero-order chi connectivity index (χ0) is 19.7. The van der Waals surface area contributed by atoms with Gasteiger partial charge in [0.05, 0.1) is 17.8 Å². The Bertz CT molecular complexity index is 1100. The molecule has 0 unspecified atom stereocenters. The van der Waals surface area contributed by atoms with E-state index in [9.17, 15) is 0 Å². The Kier molecular flexibility index (Phi) is 4.90. The van der Waals surface area contributed by atoms with E-state index in [0.717, 1.165) is 46.5 Å². The third kappa shape index (κ3) is 3.40. The number of nitrogens with zero attached hydrogens (tertiary/aromatic N) is 5. The predicted octanol–water partition coefficient (Wildman–Crippen LogP) is 4.69. The number of fused-ring (bicyclic) bond motifs is 1. The molecule has 0 saturated heterocycles. The molecule has 3 aromatic rings. The Morgan fingerprint density at radius 3 is 2.71 bits per heavy atom. The van der Waals surface area contributed by atoms with Gasteiger partial charge in [0.2, 0.25) is 0 Å². The first-order chi connectivity index (χ1) is 13.6. The average molecular weight is 371 g/mol. The maximum Gasteiger partial charge on any atom is 0.155 e. The average Bonchev–Trinajstić information content (AvgIpc) is 3.33. The second kappa shape index (κ2) is 7.50. The fourth-order valence-corrected chi connectivity index (χ4v) is 3.54. The van der Waals surface area contributed by atoms with E-state index in [2.05, 4.69) is 73.0 Å². The van der Waals surface area contributed by atoms with Gasteiger partial charge in [0.1, 0.15) is 5.52 Å². The summed E-state index contributed by atoms with van der Waals surface area (Å²) in [5.74, 6) is 0.768. The lowest BCUT2D eigenvalue weighted by molar-refractivity contribution is 0.530. The van der Waals surface area contributed by atoms with Crippen LogP contribution >= 0.6 is 0 Å². The molecular weight excluding hydrogens is 346 g/mol. The highest BCUT2D eigenvalue weighted by atomic mass is 15.4. The quantitative estimate of drug-likeness (QED) is 0.590. The maximum absolute atomic E-state index is 4.81. The molecule has 142 valence electrons. The van der Waals surface area contributed by atoms with Gasteiger partial charge in [0.25, 0.3) is 0 Å². The number of benzene rings is 2. The van der Waals surface area contributed by atoms with Gasteiger partial charge < -0.3 is 0 Å². The normalized spacial score (nSPS) is 13.9. The van der Waals surface area contributed by atoms with Crippen molar-refractivity contribution in [2.24, 2.45) is 9.98 Å². The fourth-order valence-electron chi connectivity index (χ4n) is 3.54. The van der Waals surface area contributed by atoms with E-state index in [0.29, 0.717) is 6.54 Å². The van der Waals surface area contributed by atoms with Crippen LogP contribution in [0.2, 0.25) is 0 Å². The number of aromatic nitrogens is 3. The monoisotopic (exact) mass is 371 g/mol. The summed E-state index contributed by atoms with van der Waals surface area (Å²) in [5, 5.41) is 8.55. The molecule has 1 aliphatic rings. The second-order valence-corrected chi connectivity index (χ2v) is 7.50. The maximum atomic E-state index is 4.81. The van der Waals surface area contributed by atoms with Crippen LogP contribution < -0.4 is 0 Å². The molecule has 1 aromatic heterocycles. The van der Waals surface area contributed by atoms with Crippen LogP contribution in [0, 0.1) is 6.92 Å². The number of hydrogen-bond donors (Lipinski definition) is 0. The summed E-state index contributed by atoms with van der Waals surface area (Å²) in [6.45, 7) is 10.8. The van der Waals surface area contributed by atoms with Gasteiger partial charge in [-0.3, -0.25) is 4.99 Å². The second-order valence-electron chi connectivity index (χ2n) is 7.50. The Balaban J connectivity index is 1.59. The van der Waals surface area contributed by atoms with Crippen molar-refractivity contribution in [2.45, 2.75) is 39.7 Å². The lowest BCUT2D eigenvalue weighted by atomic mass is 9.99. The van der Waals surface area contributed by atoms with Crippen LogP contribution in [0.4, 0.5) is 0 Å². The van der Waals surface area contributed by atoms with E-state index in [1.54, 1.807) is 0 Å². The van der Waals surface area contributed by atoms with E-state index in [4.69, 9.17) is 4.99 Å². The van der Waals surface area contributed by atoms with Crippen LogP contribution in [-0.4, -0.2) is 33.1 Å². The van der Waals surface area contributed by atoms with Crippen molar-refractivity contribution >= 4 is 22.6 Å². The molecule has 0 amide bonds. The molecule has 2 heterocycles. The molecule has 0 fully saturated rings. The standard InChI is InChI=1S/C23H25N5/c1-5-6-7-17-8-9-18(12-16(17)4)21-14-24-23(25-21)19-10-11-22-20(13-19)26-27-28(22)15(2)3/h5,8-13,15H,1,6-7,14H2,2-4H3. The van der Waals surface area contributed by atoms with Gasteiger partial charge in [-0.25, -0.2) is 9.67 Å². The van der Waals surface area contributed by atoms with Gasteiger partial charge in [-0.2, -0.15) is 0 Å². The summed E-state index contributed by atoms with van der Waals surface area (Å²) in [4.78, 5) is 9.46. The molecule has 5 nitrogen and oxygen atoms in total. The zero-order valence-electron chi connectivity index (χ0n) is 16.7. The van der Waals surface area contributed by atoms with Gasteiger partial charge in [-0.1, -0.05) is 23.4 Å². The van der Waals surface area contributed by atoms with Gasteiger partial charge >= 0.3 is 0 Å². The van der Waals surface area contributed by atoms with Crippen molar-refractivity contribution in [3.05, 3.63) is 71.3 Å². The highest BCUT2D eigenvalue weighted by Crippen LogP contribution is 2.21. The molecule has 5 heteroatoms. The van der Waals surface area contributed by atoms with Crippen LogP contribution in [-0.2, 0) is 6.42 Å². The number of aryl methyl sites for hydroxylation is 2. The van der Waals surface area contributed by atoms with Crippen molar-refractivity contribution in [1.29, 1.82) is 0 Å². The zero-order valence-corrected chi connectivity index (χ0v) is 16.7. The summed E-state index contributed by atoms with van der Waals surface area (Å²) < 4.78 is 1.93. The molecule has 0 spiro atoms. The van der Waals surface area contributed by atoms with Gasteiger partial charge in [0.15, 0.2) is 5.84 Å². The molecule has 0 radical (unpaired) electrons. The van der Waals surface area contributed by atoms with Crippen molar-refractivity contribution in [3.8, 4) is 0 Å². The number of rotatable bonds is 6. The van der Waals surface area contributed by atoms with E-state index in [1.165, 1.54) is 11.1 Å². The fraction of sp³-hybridized carbons (Fsp3) is 0.304. The van der Waals surface area contributed by atoms with Gasteiger partial charge in [-0.05, 0) is 74.6 Å². The summed E-state index contributed by atoms with van der Waals surface area (Å²) in [6.07, 6.45) is 3.99.